The van der Waals surface area contributed by atoms with E-state index in [0.29, 0.717) is 12.0 Å². The summed E-state index contributed by atoms with van der Waals surface area (Å²) in [6, 6.07) is 0.665. The van der Waals surface area contributed by atoms with Gasteiger partial charge >= 0.3 is 0 Å². The summed E-state index contributed by atoms with van der Waals surface area (Å²) in [5.74, 6) is 0.680. The third kappa shape index (κ3) is 3.31. The minimum atomic E-state index is 0.665. The lowest BCUT2D eigenvalue weighted by atomic mass is 9.83. The molecule has 2 rings (SSSR count). The number of rotatable bonds is 5. The normalized spacial score (nSPS) is 24.7. The Balaban J connectivity index is 2.02. The molecule has 0 aliphatic heterocycles. The van der Waals surface area contributed by atoms with Gasteiger partial charge in [0.25, 0.3) is 0 Å². The third-order valence-corrected chi connectivity index (χ3v) is 5.00. The highest BCUT2D eigenvalue weighted by Crippen LogP contribution is 2.29. The zero-order valence-corrected chi connectivity index (χ0v) is 12.4. The largest absolute Gasteiger partial charge is 0.330 e. The van der Waals surface area contributed by atoms with E-state index in [0.717, 1.165) is 25.3 Å². The number of hydrogen-bond donors (Lipinski definition) is 1. The second-order valence-corrected chi connectivity index (χ2v) is 6.24. The molecule has 1 aliphatic carbocycles. The van der Waals surface area contributed by atoms with Crippen LogP contribution >= 0.6 is 11.3 Å². The van der Waals surface area contributed by atoms with Gasteiger partial charge in [-0.05, 0) is 38.8 Å². The van der Waals surface area contributed by atoms with Crippen molar-refractivity contribution in [3.05, 3.63) is 16.1 Å². The molecule has 2 unspecified atom stereocenters. The lowest BCUT2D eigenvalue weighted by molar-refractivity contribution is 0.105. The van der Waals surface area contributed by atoms with E-state index in [2.05, 4.69) is 29.1 Å². The van der Waals surface area contributed by atoms with E-state index in [1.807, 2.05) is 0 Å². The first kappa shape index (κ1) is 14.0. The monoisotopic (exact) mass is 267 g/mol. The van der Waals surface area contributed by atoms with Crippen LogP contribution in [0, 0.1) is 12.8 Å². The average molecular weight is 267 g/mol. The lowest BCUT2D eigenvalue weighted by Gasteiger charge is -2.38. The number of hydrogen-bond acceptors (Lipinski definition) is 4. The summed E-state index contributed by atoms with van der Waals surface area (Å²) in [4.78, 5) is 7.17. The van der Waals surface area contributed by atoms with E-state index in [9.17, 15) is 0 Å². The van der Waals surface area contributed by atoms with Gasteiger partial charge in [-0.2, -0.15) is 0 Å². The second kappa shape index (κ2) is 6.64. The number of aromatic nitrogens is 1. The maximum absolute atomic E-state index is 5.94. The Kier molecular flexibility index (Phi) is 5.15. The first-order chi connectivity index (χ1) is 8.74. The highest BCUT2D eigenvalue weighted by molar-refractivity contribution is 7.09. The minimum absolute atomic E-state index is 0.665. The average Bonchev–Trinajstić information content (AvgIpc) is 2.81. The summed E-state index contributed by atoms with van der Waals surface area (Å²) in [6.45, 7) is 7.25. The molecule has 0 aromatic carbocycles. The molecule has 4 heteroatoms. The molecule has 0 spiro atoms. The summed E-state index contributed by atoms with van der Waals surface area (Å²) in [5, 5.41) is 3.39. The van der Waals surface area contributed by atoms with E-state index < -0.39 is 0 Å². The van der Waals surface area contributed by atoms with E-state index in [1.165, 1.54) is 30.7 Å². The molecule has 1 saturated carbocycles. The highest BCUT2D eigenvalue weighted by Gasteiger charge is 2.28. The van der Waals surface area contributed by atoms with Gasteiger partial charge in [-0.25, -0.2) is 4.98 Å². The highest BCUT2D eigenvalue weighted by atomic mass is 32.1. The smallest absolute Gasteiger partial charge is 0.107 e. The van der Waals surface area contributed by atoms with E-state index in [-0.39, 0.29) is 0 Å². The van der Waals surface area contributed by atoms with Gasteiger partial charge in [0.15, 0.2) is 0 Å². The van der Waals surface area contributed by atoms with Crippen LogP contribution in [0.1, 0.15) is 43.3 Å². The molecular weight excluding hydrogens is 242 g/mol. The van der Waals surface area contributed by atoms with E-state index in [4.69, 9.17) is 5.73 Å². The molecule has 1 heterocycles. The maximum Gasteiger partial charge on any atom is 0.107 e. The molecule has 1 aromatic heterocycles. The summed E-state index contributed by atoms with van der Waals surface area (Å²) in [5.41, 5.74) is 7.09. The van der Waals surface area contributed by atoms with Crippen molar-refractivity contribution in [2.24, 2.45) is 11.7 Å². The molecule has 1 aliphatic rings. The predicted octanol–water partition coefficient (Wildman–Crippen LogP) is 2.79. The minimum Gasteiger partial charge on any atom is -0.330 e. The second-order valence-electron chi connectivity index (χ2n) is 5.29. The van der Waals surface area contributed by atoms with Gasteiger partial charge in [0.2, 0.25) is 0 Å². The van der Waals surface area contributed by atoms with Crippen LogP contribution < -0.4 is 5.73 Å². The summed E-state index contributed by atoms with van der Waals surface area (Å²) < 4.78 is 0. The van der Waals surface area contributed by atoms with Crippen LogP contribution in [-0.4, -0.2) is 29.0 Å². The van der Waals surface area contributed by atoms with Crippen LogP contribution in [-0.2, 0) is 6.54 Å². The Morgan fingerprint density at radius 2 is 2.22 bits per heavy atom. The zero-order chi connectivity index (χ0) is 13.0. The fraction of sp³-hybridized carbons (Fsp3) is 0.786. The van der Waals surface area contributed by atoms with Crippen LogP contribution in [0.15, 0.2) is 5.38 Å². The third-order valence-electron chi connectivity index (χ3n) is 4.05. The van der Waals surface area contributed by atoms with Crippen molar-refractivity contribution in [3.8, 4) is 0 Å². The van der Waals surface area contributed by atoms with Gasteiger partial charge in [-0.15, -0.1) is 11.3 Å². The quantitative estimate of drug-likeness (QED) is 0.892. The zero-order valence-electron chi connectivity index (χ0n) is 11.6. The van der Waals surface area contributed by atoms with Crippen molar-refractivity contribution in [2.45, 2.75) is 52.1 Å². The number of thiazole rings is 1. The van der Waals surface area contributed by atoms with Crippen LogP contribution in [0.2, 0.25) is 0 Å². The van der Waals surface area contributed by atoms with Crippen molar-refractivity contribution in [3.63, 3.8) is 0 Å². The molecular formula is C14H25N3S. The predicted molar refractivity (Wildman–Crippen MR) is 77.7 cm³/mol. The standard InChI is InChI=1S/C14H25N3S/c1-3-17(9-14-16-11(2)10-18-14)13-7-5-4-6-12(13)8-15/h10,12-13H,3-9,15H2,1-2H3. The summed E-state index contributed by atoms with van der Waals surface area (Å²) in [6.07, 6.45) is 5.31. The molecule has 0 amide bonds. The molecule has 2 atom stereocenters. The molecule has 3 nitrogen and oxygen atoms in total. The van der Waals surface area contributed by atoms with Gasteiger partial charge in [0.1, 0.15) is 5.01 Å². The number of nitrogens with zero attached hydrogens (tertiary/aromatic N) is 2. The Hall–Kier alpha value is -0.450. The van der Waals surface area contributed by atoms with Crippen LogP contribution in [0.25, 0.3) is 0 Å². The number of aryl methyl sites for hydroxylation is 1. The van der Waals surface area contributed by atoms with E-state index in [1.54, 1.807) is 11.3 Å². The van der Waals surface area contributed by atoms with E-state index >= 15 is 0 Å². The first-order valence-corrected chi connectivity index (χ1v) is 7.97. The molecule has 1 fully saturated rings. The lowest BCUT2D eigenvalue weighted by Crippen LogP contribution is -2.44. The van der Waals surface area contributed by atoms with Crippen LogP contribution in [0.3, 0.4) is 0 Å². The molecule has 102 valence electrons. The molecule has 18 heavy (non-hydrogen) atoms. The molecule has 0 bridgehead atoms. The van der Waals surface area contributed by atoms with Crippen molar-refractivity contribution in [2.75, 3.05) is 13.1 Å². The summed E-state index contributed by atoms with van der Waals surface area (Å²) in [7, 11) is 0. The van der Waals surface area contributed by atoms with Gasteiger partial charge in [0, 0.05) is 17.1 Å². The Morgan fingerprint density at radius 3 is 2.83 bits per heavy atom. The van der Waals surface area contributed by atoms with Crippen LogP contribution in [0.4, 0.5) is 0 Å². The maximum atomic E-state index is 5.94. The molecule has 0 radical (unpaired) electrons. The Labute approximate surface area is 114 Å². The molecule has 1 aromatic rings. The van der Waals surface area contributed by atoms with Gasteiger partial charge in [-0.3, -0.25) is 4.90 Å². The first-order valence-electron chi connectivity index (χ1n) is 7.09. The van der Waals surface area contributed by atoms with Gasteiger partial charge < -0.3 is 5.73 Å². The van der Waals surface area contributed by atoms with Gasteiger partial charge in [0.05, 0.1) is 6.54 Å². The SMILES string of the molecule is CCN(Cc1nc(C)cs1)C1CCCCC1CN. The van der Waals surface area contributed by atoms with Crippen molar-refractivity contribution in [1.82, 2.24) is 9.88 Å². The summed E-state index contributed by atoms with van der Waals surface area (Å²) >= 11 is 1.78. The molecule has 2 N–H and O–H groups in total. The number of nitrogens with two attached hydrogens (primary N) is 1. The Morgan fingerprint density at radius 1 is 1.44 bits per heavy atom. The van der Waals surface area contributed by atoms with Crippen molar-refractivity contribution in [1.29, 1.82) is 0 Å². The fourth-order valence-corrected chi connectivity index (χ4v) is 3.85. The van der Waals surface area contributed by atoms with Crippen molar-refractivity contribution < 1.29 is 0 Å². The Bertz CT molecular complexity index is 364. The van der Waals surface area contributed by atoms with Crippen LogP contribution in [0.5, 0.6) is 0 Å². The topological polar surface area (TPSA) is 42.2 Å². The fourth-order valence-electron chi connectivity index (χ4n) is 3.06. The van der Waals surface area contributed by atoms with Gasteiger partial charge in [-0.1, -0.05) is 19.8 Å². The molecule has 0 saturated heterocycles. The van der Waals surface area contributed by atoms with Crippen molar-refractivity contribution >= 4 is 11.3 Å².